The molecular weight excluding hydrogens is 293 g/mol. The standard InChI is InChI=1S/C15H9ClFN3O/c16-13-7-11(10-3-1-2-4-12(10)20-13)15(21)19-9-5-6-14(17)18-8-9/h1-8H,(H,19,21). The van der Waals surface area contributed by atoms with Crippen molar-refractivity contribution < 1.29 is 9.18 Å². The van der Waals surface area contributed by atoms with Crippen LogP contribution in [0.4, 0.5) is 10.1 Å². The number of amides is 1. The number of pyridine rings is 2. The van der Waals surface area contributed by atoms with Crippen LogP contribution in [0.15, 0.2) is 48.7 Å². The molecule has 2 heterocycles. The van der Waals surface area contributed by atoms with Crippen LogP contribution in [-0.2, 0) is 0 Å². The van der Waals surface area contributed by atoms with E-state index in [-0.39, 0.29) is 11.1 Å². The normalized spacial score (nSPS) is 10.6. The van der Waals surface area contributed by atoms with Crippen molar-refractivity contribution in [2.45, 2.75) is 0 Å². The van der Waals surface area contributed by atoms with Crippen molar-refractivity contribution >= 4 is 34.1 Å². The maximum absolute atomic E-state index is 12.8. The summed E-state index contributed by atoms with van der Waals surface area (Å²) in [5.41, 5.74) is 1.43. The smallest absolute Gasteiger partial charge is 0.256 e. The molecule has 0 aliphatic carbocycles. The van der Waals surface area contributed by atoms with Gasteiger partial charge in [-0.1, -0.05) is 29.8 Å². The van der Waals surface area contributed by atoms with E-state index in [1.165, 1.54) is 24.4 Å². The van der Waals surface area contributed by atoms with Gasteiger partial charge in [0.2, 0.25) is 5.95 Å². The van der Waals surface area contributed by atoms with Crippen molar-refractivity contribution in [1.82, 2.24) is 9.97 Å². The van der Waals surface area contributed by atoms with E-state index < -0.39 is 5.95 Å². The number of benzene rings is 1. The average molecular weight is 302 g/mol. The highest BCUT2D eigenvalue weighted by Gasteiger charge is 2.12. The highest BCUT2D eigenvalue weighted by Crippen LogP contribution is 2.21. The van der Waals surface area contributed by atoms with Gasteiger partial charge in [-0.2, -0.15) is 4.39 Å². The molecule has 6 heteroatoms. The van der Waals surface area contributed by atoms with Gasteiger partial charge in [-0.3, -0.25) is 4.79 Å². The lowest BCUT2D eigenvalue weighted by atomic mass is 10.1. The summed E-state index contributed by atoms with van der Waals surface area (Å²) in [4.78, 5) is 20.0. The summed E-state index contributed by atoms with van der Waals surface area (Å²) in [6.07, 6.45) is 1.25. The number of fused-ring (bicyclic) bond motifs is 1. The molecule has 0 spiro atoms. The van der Waals surface area contributed by atoms with Crippen LogP contribution in [0, 0.1) is 5.95 Å². The fourth-order valence-corrected chi connectivity index (χ4v) is 2.18. The third-order valence-corrected chi connectivity index (χ3v) is 3.11. The first-order valence-corrected chi connectivity index (χ1v) is 6.49. The van der Waals surface area contributed by atoms with E-state index in [0.717, 1.165) is 0 Å². The number of nitrogens with one attached hydrogen (secondary N) is 1. The fourth-order valence-electron chi connectivity index (χ4n) is 1.98. The second-order valence-electron chi connectivity index (χ2n) is 4.33. The number of para-hydroxylation sites is 1. The third kappa shape index (κ3) is 2.83. The summed E-state index contributed by atoms with van der Waals surface area (Å²) < 4.78 is 12.8. The van der Waals surface area contributed by atoms with Gasteiger partial charge in [-0.25, -0.2) is 9.97 Å². The molecule has 0 saturated heterocycles. The van der Waals surface area contributed by atoms with Crippen LogP contribution in [0.2, 0.25) is 5.15 Å². The van der Waals surface area contributed by atoms with Gasteiger partial charge < -0.3 is 5.32 Å². The van der Waals surface area contributed by atoms with E-state index in [4.69, 9.17) is 11.6 Å². The summed E-state index contributed by atoms with van der Waals surface area (Å²) in [5.74, 6) is -0.964. The molecular formula is C15H9ClFN3O. The maximum Gasteiger partial charge on any atom is 0.256 e. The van der Waals surface area contributed by atoms with Crippen molar-refractivity contribution in [3.63, 3.8) is 0 Å². The molecule has 0 fully saturated rings. The summed E-state index contributed by atoms with van der Waals surface area (Å²) >= 11 is 5.94. The summed E-state index contributed by atoms with van der Waals surface area (Å²) in [7, 11) is 0. The van der Waals surface area contributed by atoms with E-state index in [9.17, 15) is 9.18 Å². The summed E-state index contributed by atoms with van der Waals surface area (Å²) in [6, 6.07) is 11.3. The van der Waals surface area contributed by atoms with Gasteiger partial charge in [0.15, 0.2) is 0 Å². The molecule has 1 amide bonds. The number of carbonyl (C=O) groups is 1. The van der Waals surface area contributed by atoms with Crippen molar-refractivity contribution in [2.75, 3.05) is 5.32 Å². The SMILES string of the molecule is O=C(Nc1ccc(F)nc1)c1cc(Cl)nc2ccccc12. The van der Waals surface area contributed by atoms with E-state index in [0.29, 0.717) is 22.2 Å². The Hall–Kier alpha value is -2.53. The second kappa shape index (κ2) is 5.46. The number of rotatable bonds is 2. The van der Waals surface area contributed by atoms with E-state index in [1.807, 2.05) is 12.1 Å². The van der Waals surface area contributed by atoms with Crippen molar-refractivity contribution in [2.24, 2.45) is 0 Å². The molecule has 2 aromatic heterocycles. The van der Waals surface area contributed by atoms with E-state index >= 15 is 0 Å². The molecule has 0 aliphatic heterocycles. The molecule has 21 heavy (non-hydrogen) atoms. The number of halogens is 2. The Kier molecular flexibility index (Phi) is 3.50. The predicted molar refractivity (Wildman–Crippen MR) is 78.9 cm³/mol. The average Bonchev–Trinajstić information content (AvgIpc) is 2.48. The summed E-state index contributed by atoms with van der Waals surface area (Å²) in [6.45, 7) is 0. The molecule has 0 unspecified atom stereocenters. The fraction of sp³-hybridized carbons (Fsp3) is 0. The summed E-state index contributed by atoms with van der Waals surface area (Å²) in [5, 5.41) is 3.57. The minimum Gasteiger partial charge on any atom is -0.321 e. The molecule has 3 rings (SSSR count). The van der Waals surface area contributed by atoms with Crippen molar-refractivity contribution in [1.29, 1.82) is 0 Å². The van der Waals surface area contributed by atoms with Crippen LogP contribution in [0.25, 0.3) is 10.9 Å². The number of aromatic nitrogens is 2. The maximum atomic E-state index is 12.8. The Labute approximate surface area is 124 Å². The lowest BCUT2D eigenvalue weighted by Crippen LogP contribution is -2.13. The molecule has 1 aromatic carbocycles. The topological polar surface area (TPSA) is 54.9 Å². The first-order valence-electron chi connectivity index (χ1n) is 6.12. The minimum absolute atomic E-state index is 0.232. The van der Waals surface area contributed by atoms with Crippen LogP contribution in [-0.4, -0.2) is 15.9 Å². The first-order chi connectivity index (χ1) is 10.1. The van der Waals surface area contributed by atoms with Crippen molar-refractivity contribution in [3.8, 4) is 0 Å². The van der Waals surface area contributed by atoms with Crippen molar-refractivity contribution in [3.05, 3.63) is 65.3 Å². The van der Waals surface area contributed by atoms with Gasteiger partial charge in [0.1, 0.15) is 5.15 Å². The van der Waals surface area contributed by atoms with Gasteiger partial charge >= 0.3 is 0 Å². The molecule has 1 N–H and O–H groups in total. The monoisotopic (exact) mass is 301 g/mol. The Morgan fingerprint density at radius 3 is 2.76 bits per heavy atom. The van der Waals surface area contributed by atoms with E-state index in [2.05, 4.69) is 15.3 Å². The quantitative estimate of drug-likeness (QED) is 0.735. The van der Waals surface area contributed by atoms with Gasteiger partial charge in [-0.15, -0.1) is 0 Å². The first kappa shape index (κ1) is 13.5. The zero-order chi connectivity index (χ0) is 14.8. The number of nitrogens with zero attached hydrogens (tertiary/aromatic N) is 2. The Balaban J connectivity index is 1.99. The molecule has 104 valence electrons. The Morgan fingerprint density at radius 2 is 2.00 bits per heavy atom. The number of hydrogen-bond acceptors (Lipinski definition) is 3. The molecule has 0 radical (unpaired) electrons. The van der Waals surface area contributed by atoms with Crippen LogP contribution in [0.1, 0.15) is 10.4 Å². The van der Waals surface area contributed by atoms with Gasteiger partial charge in [0.05, 0.1) is 23.0 Å². The largest absolute Gasteiger partial charge is 0.321 e. The van der Waals surface area contributed by atoms with Crippen LogP contribution in [0.3, 0.4) is 0 Å². The molecule has 4 nitrogen and oxygen atoms in total. The molecule has 0 aliphatic rings. The lowest BCUT2D eigenvalue weighted by Gasteiger charge is -2.08. The number of hydrogen-bond donors (Lipinski definition) is 1. The van der Waals surface area contributed by atoms with Gasteiger partial charge in [0, 0.05) is 5.39 Å². The molecule has 3 aromatic rings. The Bertz CT molecular complexity index is 821. The Morgan fingerprint density at radius 1 is 1.19 bits per heavy atom. The number of carbonyl (C=O) groups excluding carboxylic acids is 1. The molecule has 0 bridgehead atoms. The second-order valence-corrected chi connectivity index (χ2v) is 4.72. The van der Waals surface area contributed by atoms with Crippen LogP contribution in [0.5, 0.6) is 0 Å². The van der Waals surface area contributed by atoms with Crippen LogP contribution >= 0.6 is 11.6 Å². The number of anilines is 1. The van der Waals surface area contributed by atoms with Gasteiger partial charge in [0.25, 0.3) is 5.91 Å². The van der Waals surface area contributed by atoms with Gasteiger partial charge in [-0.05, 0) is 24.3 Å². The highest BCUT2D eigenvalue weighted by molar-refractivity contribution is 6.30. The highest BCUT2D eigenvalue weighted by atomic mass is 35.5. The minimum atomic E-state index is -0.606. The zero-order valence-corrected chi connectivity index (χ0v) is 11.4. The molecule has 0 atom stereocenters. The van der Waals surface area contributed by atoms with Crippen LogP contribution < -0.4 is 5.32 Å². The molecule has 0 saturated carbocycles. The zero-order valence-electron chi connectivity index (χ0n) is 10.7. The predicted octanol–water partition coefficient (Wildman–Crippen LogP) is 3.67. The lowest BCUT2D eigenvalue weighted by molar-refractivity contribution is 0.102. The van der Waals surface area contributed by atoms with E-state index in [1.54, 1.807) is 12.1 Å². The third-order valence-electron chi connectivity index (χ3n) is 2.91.